The van der Waals surface area contributed by atoms with E-state index in [2.05, 4.69) is 194 Å². The van der Waals surface area contributed by atoms with Crippen LogP contribution in [-0.2, 0) is 0 Å². The van der Waals surface area contributed by atoms with Crippen LogP contribution in [0.4, 0.5) is 0 Å². The Balaban J connectivity index is 1.34. The lowest BCUT2D eigenvalue weighted by Crippen LogP contribution is -1.95. The molecule has 1 heteroatoms. The molecule has 1 heterocycles. The molecule has 248 valence electrons. The summed E-state index contributed by atoms with van der Waals surface area (Å²) in [5.74, 6) is 0. The van der Waals surface area contributed by atoms with Crippen molar-refractivity contribution in [2.45, 2.75) is 13.8 Å². The number of aryl methyl sites for hydroxylation is 2. The second-order valence-electron chi connectivity index (χ2n) is 14.6. The van der Waals surface area contributed by atoms with E-state index in [1.165, 1.54) is 116 Å². The Labute approximate surface area is 309 Å². The number of fused-ring (bicyclic) bond motifs is 8. The lowest BCUT2D eigenvalue weighted by Gasteiger charge is -2.20. The molecule has 0 saturated carbocycles. The van der Waals surface area contributed by atoms with E-state index in [1.807, 2.05) is 0 Å². The average molecular weight is 674 g/mol. The Kier molecular flexibility index (Phi) is 6.45. The molecular weight excluding hydrogens is 639 g/mol. The summed E-state index contributed by atoms with van der Waals surface area (Å²) in [6, 6.07) is 65.3. The van der Waals surface area contributed by atoms with Gasteiger partial charge in [0.05, 0.1) is 11.0 Å². The number of aromatic nitrogens is 1. The summed E-state index contributed by atoms with van der Waals surface area (Å²) < 4.78 is 2.48. The van der Waals surface area contributed by atoms with Gasteiger partial charge in [0, 0.05) is 16.5 Å². The maximum absolute atomic E-state index is 2.51. The molecule has 10 aromatic rings. The van der Waals surface area contributed by atoms with Crippen molar-refractivity contribution in [1.82, 2.24) is 4.57 Å². The molecule has 0 fully saturated rings. The maximum Gasteiger partial charge on any atom is 0.0553 e. The number of hydrogen-bond donors (Lipinski definition) is 0. The topological polar surface area (TPSA) is 4.93 Å². The van der Waals surface area contributed by atoms with Crippen molar-refractivity contribution >= 4 is 43.4 Å². The van der Waals surface area contributed by atoms with Gasteiger partial charge in [-0.2, -0.15) is 0 Å². The van der Waals surface area contributed by atoms with Gasteiger partial charge in [-0.3, -0.25) is 0 Å². The summed E-state index contributed by atoms with van der Waals surface area (Å²) in [5.41, 5.74) is 19.0. The van der Waals surface area contributed by atoms with Crippen LogP contribution in [0.3, 0.4) is 0 Å². The first-order chi connectivity index (χ1) is 26.1. The van der Waals surface area contributed by atoms with Gasteiger partial charge in [0.2, 0.25) is 0 Å². The summed E-state index contributed by atoms with van der Waals surface area (Å²) in [6.07, 6.45) is 0. The van der Waals surface area contributed by atoms with E-state index in [1.54, 1.807) is 0 Å². The SMILES string of the molecule is Cc1cc(C)cc(-c2ccc3c(c2)c2c4cccc5c4c(cc2n3-c2ccccc2)-c2c-5c(-c3ccccc3)c3ccccc3c2-c2ccccc2)c1. The predicted octanol–water partition coefficient (Wildman–Crippen LogP) is 14.4. The molecule has 1 aliphatic carbocycles. The fourth-order valence-electron chi connectivity index (χ4n) is 9.36. The molecule has 1 aliphatic rings. The highest BCUT2D eigenvalue weighted by Crippen LogP contribution is 2.59. The average Bonchev–Trinajstić information content (AvgIpc) is 3.71. The van der Waals surface area contributed by atoms with Gasteiger partial charge in [0.1, 0.15) is 0 Å². The van der Waals surface area contributed by atoms with Crippen LogP contribution in [0.2, 0.25) is 0 Å². The Hall–Kier alpha value is -6.70. The lowest BCUT2D eigenvalue weighted by atomic mass is 9.82. The molecule has 0 unspecified atom stereocenters. The molecule has 1 nitrogen and oxygen atoms in total. The minimum Gasteiger partial charge on any atom is -0.309 e. The van der Waals surface area contributed by atoms with Gasteiger partial charge in [-0.15, -0.1) is 0 Å². The first kappa shape index (κ1) is 30.0. The Morgan fingerprint density at radius 3 is 1.53 bits per heavy atom. The third kappa shape index (κ3) is 4.38. The first-order valence-electron chi connectivity index (χ1n) is 18.5. The zero-order valence-electron chi connectivity index (χ0n) is 29.7. The molecule has 11 rings (SSSR count). The Morgan fingerprint density at radius 1 is 0.321 bits per heavy atom. The molecule has 0 radical (unpaired) electrons. The highest BCUT2D eigenvalue weighted by molar-refractivity contribution is 6.34. The van der Waals surface area contributed by atoms with Crippen molar-refractivity contribution in [1.29, 1.82) is 0 Å². The summed E-state index contributed by atoms with van der Waals surface area (Å²) in [4.78, 5) is 0. The second kappa shape index (κ2) is 11.4. The third-order valence-corrected chi connectivity index (χ3v) is 11.3. The van der Waals surface area contributed by atoms with Gasteiger partial charge >= 0.3 is 0 Å². The van der Waals surface area contributed by atoms with E-state index in [9.17, 15) is 0 Å². The molecule has 0 bridgehead atoms. The van der Waals surface area contributed by atoms with Gasteiger partial charge < -0.3 is 4.57 Å². The van der Waals surface area contributed by atoms with Crippen LogP contribution in [-0.4, -0.2) is 4.57 Å². The standard InChI is InChI=1S/C52H35N/c1-32-27-33(2)29-37(28-32)36-25-26-45-43(30-36)50-41-23-14-24-42-49(41)44(31-46(50)53(45)38-19-10-5-11-20-38)52-48(35-17-8-4-9-18-35)40-22-13-12-21-39(40)47(51(42)52)34-15-6-3-7-16-34/h3-31H,1-2H3. The van der Waals surface area contributed by atoms with Crippen LogP contribution >= 0.6 is 0 Å². The first-order valence-corrected chi connectivity index (χ1v) is 18.5. The molecule has 0 atom stereocenters. The largest absolute Gasteiger partial charge is 0.309 e. The summed E-state index contributed by atoms with van der Waals surface area (Å²) in [6.45, 7) is 4.38. The quantitative estimate of drug-likeness (QED) is 0.175. The number of benzene rings is 9. The number of nitrogens with zero attached hydrogens (tertiary/aromatic N) is 1. The van der Waals surface area contributed by atoms with E-state index < -0.39 is 0 Å². The summed E-state index contributed by atoms with van der Waals surface area (Å²) in [5, 5.41) is 7.77. The van der Waals surface area contributed by atoms with Crippen molar-refractivity contribution in [3.8, 4) is 61.3 Å². The van der Waals surface area contributed by atoms with Crippen molar-refractivity contribution in [2.75, 3.05) is 0 Å². The smallest absolute Gasteiger partial charge is 0.0553 e. The molecule has 0 amide bonds. The number of rotatable bonds is 4. The zero-order valence-corrected chi connectivity index (χ0v) is 29.7. The van der Waals surface area contributed by atoms with Crippen molar-refractivity contribution in [3.63, 3.8) is 0 Å². The Morgan fingerprint density at radius 2 is 0.887 bits per heavy atom. The molecular formula is C52H35N. The van der Waals surface area contributed by atoms with Crippen molar-refractivity contribution in [3.05, 3.63) is 187 Å². The molecule has 0 aliphatic heterocycles. The maximum atomic E-state index is 2.51. The van der Waals surface area contributed by atoms with Gasteiger partial charge in [0.15, 0.2) is 0 Å². The van der Waals surface area contributed by atoms with Gasteiger partial charge in [-0.05, 0) is 121 Å². The van der Waals surface area contributed by atoms with Crippen molar-refractivity contribution < 1.29 is 0 Å². The van der Waals surface area contributed by atoms with Gasteiger partial charge in [-0.25, -0.2) is 0 Å². The third-order valence-electron chi connectivity index (χ3n) is 11.3. The lowest BCUT2D eigenvalue weighted by molar-refractivity contribution is 1.18. The molecule has 9 aromatic carbocycles. The molecule has 0 spiro atoms. The van der Waals surface area contributed by atoms with Gasteiger partial charge in [0.25, 0.3) is 0 Å². The van der Waals surface area contributed by atoms with Crippen LogP contribution in [0, 0.1) is 13.8 Å². The Bertz CT molecular complexity index is 3070. The van der Waals surface area contributed by atoms with Crippen LogP contribution in [0.15, 0.2) is 176 Å². The normalized spacial score (nSPS) is 12.0. The highest BCUT2D eigenvalue weighted by atomic mass is 15.0. The highest BCUT2D eigenvalue weighted by Gasteiger charge is 2.32. The van der Waals surface area contributed by atoms with E-state index >= 15 is 0 Å². The van der Waals surface area contributed by atoms with Crippen LogP contribution in [0.1, 0.15) is 11.1 Å². The number of hydrogen-bond acceptors (Lipinski definition) is 0. The molecule has 0 saturated heterocycles. The van der Waals surface area contributed by atoms with E-state index in [0.29, 0.717) is 0 Å². The molecule has 0 N–H and O–H groups in total. The van der Waals surface area contributed by atoms with E-state index in [4.69, 9.17) is 0 Å². The van der Waals surface area contributed by atoms with Crippen LogP contribution in [0.25, 0.3) is 105 Å². The monoisotopic (exact) mass is 673 g/mol. The molecule has 53 heavy (non-hydrogen) atoms. The van der Waals surface area contributed by atoms with E-state index in [-0.39, 0.29) is 0 Å². The fraction of sp³-hybridized carbons (Fsp3) is 0.0385. The summed E-state index contributed by atoms with van der Waals surface area (Å²) in [7, 11) is 0. The van der Waals surface area contributed by atoms with Gasteiger partial charge in [-0.1, -0.05) is 157 Å². The fourth-order valence-corrected chi connectivity index (χ4v) is 9.36. The predicted molar refractivity (Wildman–Crippen MR) is 226 cm³/mol. The van der Waals surface area contributed by atoms with E-state index in [0.717, 1.165) is 0 Å². The summed E-state index contributed by atoms with van der Waals surface area (Å²) >= 11 is 0. The minimum absolute atomic E-state index is 1.17. The molecule has 1 aromatic heterocycles. The van der Waals surface area contributed by atoms with Crippen molar-refractivity contribution in [2.24, 2.45) is 0 Å². The number of para-hydroxylation sites is 1. The second-order valence-corrected chi connectivity index (χ2v) is 14.6. The van der Waals surface area contributed by atoms with Crippen LogP contribution in [0.5, 0.6) is 0 Å². The van der Waals surface area contributed by atoms with Crippen LogP contribution < -0.4 is 0 Å². The minimum atomic E-state index is 1.17. The zero-order chi connectivity index (χ0) is 35.2.